The van der Waals surface area contributed by atoms with E-state index in [-0.39, 0.29) is 5.79 Å². The molecule has 1 saturated heterocycles. The molecule has 1 aliphatic heterocycles. The maximum atomic E-state index is 2.65. The van der Waals surface area contributed by atoms with Gasteiger partial charge in [0.05, 0.1) is 0 Å². The Kier molecular flexibility index (Phi) is 6.74. The van der Waals surface area contributed by atoms with Crippen LogP contribution in [0.5, 0.6) is 0 Å². The lowest BCUT2D eigenvalue weighted by Gasteiger charge is -2.54. The van der Waals surface area contributed by atoms with Crippen molar-refractivity contribution in [3.05, 3.63) is 0 Å². The molecule has 0 aromatic carbocycles. The Morgan fingerprint density at radius 1 is 0.895 bits per heavy atom. The molecule has 114 valence electrons. The van der Waals surface area contributed by atoms with Crippen molar-refractivity contribution < 1.29 is 0 Å². The molecule has 1 rings (SSSR count). The lowest BCUT2D eigenvalue weighted by Crippen LogP contribution is -2.69. The Bertz CT molecular complexity index is 237. The highest BCUT2D eigenvalue weighted by Crippen LogP contribution is 2.25. The summed E-state index contributed by atoms with van der Waals surface area (Å²) in [5.41, 5.74) is 0. The summed E-state index contributed by atoms with van der Waals surface area (Å²) >= 11 is 0. The first-order valence-corrected chi connectivity index (χ1v) is 7.82. The van der Waals surface area contributed by atoms with Gasteiger partial charge in [-0.2, -0.15) is 0 Å². The zero-order chi connectivity index (χ0) is 14.5. The van der Waals surface area contributed by atoms with E-state index >= 15 is 0 Å². The fraction of sp³-hybridized carbons (Fsp3) is 1.00. The molecule has 0 aliphatic carbocycles. The van der Waals surface area contributed by atoms with Gasteiger partial charge in [0.15, 0.2) is 0 Å². The summed E-state index contributed by atoms with van der Waals surface area (Å²) in [5.74, 6) is 0.0489. The minimum absolute atomic E-state index is 0.0489. The third-order valence-corrected chi connectivity index (χ3v) is 4.54. The predicted molar refractivity (Wildman–Crippen MR) is 83.3 cm³/mol. The molecular formula is C15H34N4. The summed E-state index contributed by atoms with van der Waals surface area (Å²) in [5, 5.41) is 0. The van der Waals surface area contributed by atoms with Crippen molar-refractivity contribution >= 4 is 0 Å². The van der Waals surface area contributed by atoms with Crippen molar-refractivity contribution in [1.29, 1.82) is 0 Å². The summed E-state index contributed by atoms with van der Waals surface area (Å²) in [6.45, 7) is 13.9. The first-order chi connectivity index (χ1) is 8.96. The van der Waals surface area contributed by atoms with E-state index < -0.39 is 0 Å². The number of rotatable bonds is 5. The van der Waals surface area contributed by atoms with Gasteiger partial charge in [0, 0.05) is 39.3 Å². The van der Waals surface area contributed by atoms with Gasteiger partial charge in [-0.1, -0.05) is 13.8 Å². The maximum absolute atomic E-state index is 2.65. The Morgan fingerprint density at radius 3 is 1.63 bits per heavy atom. The van der Waals surface area contributed by atoms with Gasteiger partial charge in [-0.05, 0) is 40.9 Å². The zero-order valence-corrected chi connectivity index (χ0v) is 13.9. The van der Waals surface area contributed by atoms with E-state index in [1.54, 1.807) is 0 Å². The van der Waals surface area contributed by atoms with Gasteiger partial charge < -0.3 is 4.90 Å². The third-order valence-electron chi connectivity index (χ3n) is 4.54. The summed E-state index contributed by atoms with van der Waals surface area (Å²) < 4.78 is 0. The van der Waals surface area contributed by atoms with E-state index in [0.717, 1.165) is 13.1 Å². The summed E-state index contributed by atoms with van der Waals surface area (Å²) in [4.78, 5) is 10.2. The quantitative estimate of drug-likeness (QED) is 0.752. The van der Waals surface area contributed by atoms with Crippen LogP contribution >= 0.6 is 0 Å². The molecule has 0 aromatic rings. The van der Waals surface area contributed by atoms with Crippen molar-refractivity contribution in [2.24, 2.45) is 0 Å². The van der Waals surface area contributed by atoms with E-state index in [4.69, 9.17) is 0 Å². The van der Waals surface area contributed by atoms with Crippen LogP contribution in [0.1, 0.15) is 33.6 Å². The molecule has 1 fully saturated rings. The lowest BCUT2D eigenvalue weighted by atomic mass is 10.1. The average molecular weight is 270 g/mol. The molecule has 0 aromatic heterocycles. The first kappa shape index (κ1) is 16.9. The minimum Gasteiger partial charge on any atom is -0.304 e. The van der Waals surface area contributed by atoms with Crippen LogP contribution < -0.4 is 0 Å². The van der Waals surface area contributed by atoms with Gasteiger partial charge in [0.25, 0.3) is 0 Å². The van der Waals surface area contributed by atoms with Gasteiger partial charge in [-0.3, -0.25) is 14.7 Å². The third kappa shape index (κ3) is 3.91. The van der Waals surface area contributed by atoms with Crippen LogP contribution in [0, 0.1) is 0 Å². The lowest BCUT2D eigenvalue weighted by molar-refractivity contribution is -0.150. The molecule has 0 spiro atoms. The molecule has 0 N–H and O–H groups in total. The van der Waals surface area contributed by atoms with Gasteiger partial charge in [0.1, 0.15) is 5.79 Å². The van der Waals surface area contributed by atoms with Crippen LogP contribution in [0.4, 0.5) is 0 Å². The number of hydrogen-bond donors (Lipinski definition) is 0. The molecule has 0 unspecified atom stereocenters. The van der Waals surface area contributed by atoms with Crippen LogP contribution in [-0.4, -0.2) is 85.8 Å². The summed E-state index contributed by atoms with van der Waals surface area (Å²) in [7, 11) is 6.68. The fourth-order valence-electron chi connectivity index (χ4n) is 3.07. The Hall–Kier alpha value is -0.160. The normalized spacial score (nSPS) is 23.5. The Balaban J connectivity index is 3.00. The van der Waals surface area contributed by atoms with Crippen LogP contribution in [0.2, 0.25) is 0 Å². The largest absolute Gasteiger partial charge is 0.304 e. The fourth-order valence-corrected chi connectivity index (χ4v) is 3.07. The standard InChI is InChI=1S/C15H34N4/c1-7-9-18-13-11-17(6)12-14-19(10-8-2)15(18,3)16(4)5/h7-14H2,1-6H3. The van der Waals surface area contributed by atoms with Gasteiger partial charge in [0.2, 0.25) is 0 Å². The first-order valence-electron chi connectivity index (χ1n) is 7.82. The molecule has 0 radical (unpaired) electrons. The molecule has 0 bridgehead atoms. The van der Waals surface area contributed by atoms with Crippen molar-refractivity contribution in [1.82, 2.24) is 19.6 Å². The summed E-state index contributed by atoms with van der Waals surface area (Å²) in [6, 6.07) is 0. The van der Waals surface area contributed by atoms with E-state index in [9.17, 15) is 0 Å². The molecular weight excluding hydrogens is 236 g/mol. The predicted octanol–water partition coefficient (Wildman–Crippen LogP) is 1.59. The maximum Gasteiger partial charge on any atom is 0.127 e. The van der Waals surface area contributed by atoms with Crippen LogP contribution in [0.15, 0.2) is 0 Å². The van der Waals surface area contributed by atoms with Gasteiger partial charge in [-0.15, -0.1) is 0 Å². The highest BCUT2D eigenvalue weighted by atomic mass is 15.6. The molecule has 1 aliphatic rings. The highest BCUT2D eigenvalue weighted by Gasteiger charge is 2.40. The van der Waals surface area contributed by atoms with Crippen LogP contribution in [0.3, 0.4) is 0 Å². The Labute approximate surface area is 120 Å². The van der Waals surface area contributed by atoms with Crippen LogP contribution in [-0.2, 0) is 0 Å². The van der Waals surface area contributed by atoms with Gasteiger partial charge >= 0.3 is 0 Å². The molecule has 0 atom stereocenters. The molecule has 1 heterocycles. The number of hydrogen-bond acceptors (Lipinski definition) is 4. The summed E-state index contributed by atoms with van der Waals surface area (Å²) in [6.07, 6.45) is 2.43. The molecule has 0 amide bonds. The van der Waals surface area contributed by atoms with Crippen LogP contribution in [0.25, 0.3) is 0 Å². The van der Waals surface area contributed by atoms with E-state index in [2.05, 4.69) is 61.5 Å². The van der Waals surface area contributed by atoms with Crippen molar-refractivity contribution in [3.63, 3.8) is 0 Å². The average Bonchev–Trinajstić information content (AvgIpc) is 2.37. The van der Waals surface area contributed by atoms with Crippen molar-refractivity contribution in [2.75, 3.05) is 60.4 Å². The monoisotopic (exact) mass is 270 g/mol. The molecule has 4 heteroatoms. The van der Waals surface area contributed by atoms with E-state index in [1.165, 1.54) is 39.0 Å². The number of likely N-dealkylation sites (N-methyl/N-ethyl adjacent to an activating group) is 1. The van der Waals surface area contributed by atoms with Crippen molar-refractivity contribution in [3.8, 4) is 0 Å². The van der Waals surface area contributed by atoms with E-state index in [0.29, 0.717) is 0 Å². The minimum atomic E-state index is 0.0489. The Morgan fingerprint density at radius 2 is 1.32 bits per heavy atom. The van der Waals surface area contributed by atoms with Crippen molar-refractivity contribution in [2.45, 2.75) is 39.4 Å². The molecule has 19 heavy (non-hydrogen) atoms. The molecule has 0 saturated carbocycles. The second kappa shape index (κ2) is 7.58. The van der Waals surface area contributed by atoms with Gasteiger partial charge in [-0.25, -0.2) is 0 Å². The smallest absolute Gasteiger partial charge is 0.127 e. The zero-order valence-electron chi connectivity index (χ0n) is 13.9. The number of nitrogens with zero attached hydrogens (tertiary/aromatic N) is 4. The second-order valence-corrected chi connectivity index (χ2v) is 6.14. The second-order valence-electron chi connectivity index (χ2n) is 6.14. The SMILES string of the molecule is CCCN1CCN(C)CCN(CCC)C1(C)N(C)C. The topological polar surface area (TPSA) is 13.0 Å². The molecule has 4 nitrogen and oxygen atoms in total. The van der Waals surface area contributed by atoms with E-state index in [1.807, 2.05) is 0 Å². The highest BCUT2D eigenvalue weighted by molar-refractivity contribution is 4.87.